The van der Waals surface area contributed by atoms with Gasteiger partial charge in [0.2, 0.25) is 0 Å². The van der Waals surface area contributed by atoms with Crippen molar-refractivity contribution in [3.63, 3.8) is 0 Å². The van der Waals surface area contributed by atoms with E-state index >= 15 is 0 Å². The molecule has 28 heavy (non-hydrogen) atoms. The predicted molar refractivity (Wildman–Crippen MR) is 105 cm³/mol. The van der Waals surface area contributed by atoms with E-state index in [1.165, 1.54) is 24.4 Å². The fourth-order valence-corrected chi connectivity index (χ4v) is 3.59. The van der Waals surface area contributed by atoms with Crippen molar-refractivity contribution in [2.45, 2.75) is 24.5 Å². The maximum absolute atomic E-state index is 12.1. The maximum atomic E-state index is 12.1. The van der Waals surface area contributed by atoms with Gasteiger partial charge in [0.25, 0.3) is 0 Å². The number of aromatic nitrogens is 4. The van der Waals surface area contributed by atoms with Gasteiger partial charge in [-0.2, -0.15) is 11.8 Å². The molecule has 11 nitrogen and oxygen atoms in total. The second kappa shape index (κ2) is 8.90. The van der Waals surface area contributed by atoms with Crippen LogP contribution in [0, 0.1) is 0 Å². The molecule has 0 aliphatic carbocycles. The highest BCUT2D eigenvalue weighted by Crippen LogP contribution is 2.34. The molecule has 154 valence electrons. The van der Waals surface area contributed by atoms with Gasteiger partial charge >= 0.3 is 6.09 Å². The average Bonchev–Trinajstić information content (AvgIpc) is 3.19. The number of fused-ring (bicyclic) bond motifs is 1. The van der Waals surface area contributed by atoms with Crippen LogP contribution in [0.1, 0.15) is 6.23 Å². The van der Waals surface area contributed by atoms with Crippen LogP contribution in [0.2, 0.25) is 0 Å². The molecule has 1 amide bonds. The minimum atomic E-state index is -1.09. The highest BCUT2D eigenvalue weighted by molar-refractivity contribution is 7.98. The van der Waals surface area contributed by atoms with Gasteiger partial charge in [0.05, 0.1) is 6.33 Å². The number of likely N-dealkylation sites (N-methyl/N-ethyl adjacent to an activating group) is 1. The fraction of sp³-hybridized carbons (Fsp3) is 0.625. The standard InChI is InChI=1S/C16H25N7O4S/c1-22(2)5-4-18-16(25)27-12-9(6-28-3)26-15(11(12)24)23-8-21-10-13(17)19-7-20-14(10)23/h7-9,11-12,15,24H,4-6H2,1-3H3,(H,18,25)(H2,17,19,20). The van der Waals surface area contributed by atoms with Gasteiger partial charge in [0.1, 0.15) is 24.1 Å². The Morgan fingerprint density at radius 1 is 1.46 bits per heavy atom. The Balaban J connectivity index is 1.76. The van der Waals surface area contributed by atoms with E-state index in [2.05, 4.69) is 20.3 Å². The molecule has 1 aliphatic heterocycles. The molecule has 1 saturated heterocycles. The van der Waals surface area contributed by atoms with Crippen LogP contribution in [0.4, 0.5) is 10.6 Å². The number of aliphatic hydroxyl groups is 1. The number of imidazole rings is 1. The van der Waals surface area contributed by atoms with E-state index in [1.54, 1.807) is 4.57 Å². The zero-order valence-electron chi connectivity index (χ0n) is 16.0. The first kappa shape index (κ1) is 20.6. The Morgan fingerprint density at radius 2 is 2.25 bits per heavy atom. The number of amides is 1. The number of nitrogens with zero attached hydrogens (tertiary/aromatic N) is 5. The topological polar surface area (TPSA) is 141 Å². The van der Waals surface area contributed by atoms with Crippen LogP contribution in [0.5, 0.6) is 0 Å². The smallest absolute Gasteiger partial charge is 0.407 e. The number of rotatable bonds is 7. The molecule has 2 aromatic rings. The lowest BCUT2D eigenvalue weighted by Crippen LogP contribution is -2.41. The fourth-order valence-electron chi connectivity index (χ4n) is 3.00. The van der Waals surface area contributed by atoms with E-state index in [9.17, 15) is 9.90 Å². The number of aliphatic hydroxyl groups excluding tert-OH is 1. The number of hydrogen-bond acceptors (Lipinski definition) is 10. The van der Waals surface area contributed by atoms with Gasteiger partial charge in [-0.05, 0) is 20.4 Å². The van der Waals surface area contributed by atoms with Crippen molar-refractivity contribution >= 4 is 34.8 Å². The summed E-state index contributed by atoms with van der Waals surface area (Å²) in [5.41, 5.74) is 6.69. The van der Waals surface area contributed by atoms with Gasteiger partial charge in [0, 0.05) is 18.8 Å². The summed E-state index contributed by atoms with van der Waals surface area (Å²) in [7, 11) is 3.82. The van der Waals surface area contributed by atoms with Crippen molar-refractivity contribution in [3.05, 3.63) is 12.7 Å². The summed E-state index contributed by atoms with van der Waals surface area (Å²) in [6.07, 6.45) is 0.921. The monoisotopic (exact) mass is 411 g/mol. The molecule has 0 aromatic carbocycles. The highest BCUT2D eigenvalue weighted by Gasteiger charge is 2.47. The van der Waals surface area contributed by atoms with E-state index in [-0.39, 0.29) is 5.82 Å². The molecule has 12 heteroatoms. The summed E-state index contributed by atoms with van der Waals surface area (Å²) in [4.78, 5) is 26.4. The van der Waals surface area contributed by atoms with Gasteiger partial charge < -0.3 is 30.5 Å². The van der Waals surface area contributed by atoms with Gasteiger partial charge in [-0.25, -0.2) is 19.7 Å². The van der Waals surface area contributed by atoms with Gasteiger partial charge in [-0.3, -0.25) is 4.57 Å². The number of ether oxygens (including phenoxy) is 2. The predicted octanol–water partition coefficient (Wildman–Crippen LogP) is -0.314. The molecule has 4 unspecified atom stereocenters. The first-order valence-electron chi connectivity index (χ1n) is 8.77. The van der Waals surface area contributed by atoms with Crippen LogP contribution < -0.4 is 11.1 Å². The molecular weight excluding hydrogens is 386 g/mol. The van der Waals surface area contributed by atoms with Gasteiger partial charge in [0.15, 0.2) is 23.8 Å². The van der Waals surface area contributed by atoms with Crippen LogP contribution in [0.3, 0.4) is 0 Å². The van der Waals surface area contributed by atoms with E-state index in [0.29, 0.717) is 30.0 Å². The minimum Gasteiger partial charge on any atom is -0.440 e. The van der Waals surface area contributed by atoms with Crippen molar-refractivity contribution in [1.82, 2.24) is 29.7 Å². The van der Waals surface area contributed by atoms with E-state index in [1.807, 2.05) is 25.3 Å². The van der Waals surface area contributed by atoms with Gasteiger partial charge in [-0.1, -0.05) is 0 Å². The molecule has 0 bridgehead atoms. The maximum Gasteiger partial charge on any atom is 0.407 e. The third kappa shape index (κ3) is 4.29. The van der Waals surface area contributed by atoms with Crippen molar-refractivity contribution < 1.29 is 19.4 Å². The number of carbonyl (C=O) groups excluding carboxylic acids is 1. The SMILES string of the molecule is CSCC1OC(n2cnc3c(N)ncnc32)C(O)C1OC(=O)NCCN(C)C. The van der Waals surface area contributed by atoms with Crippen molar-refractivity contribution in [2.24, 2.45) is 0 Å². The Kier molecular flexibility index (Phi) is 6.54. The first-order chi connectivity index (χ1) is 13.4. The average molecular weight is 411 g/mol. The van der Waals surface area contributed by atoms with E-state index < -0.39 is 30.6 Å². The number of hydrogen-bond donors (Lipinski definition) is 3. The number of nitrogens with two attached hydrogens (primary N) is 1. The molecule has 3 heterocycles. The number of carbonyl (C=O) groups is 1. The number of thioether (sulfide) groups is 1. The van der Waals surface area contributed by atoms with E-state index in [0.717, 1.165) is 0 Å². The van der Waals surface area contributed by atoms with Crippen molar-refractivity contribution in [1.29, 1.82) is 0 Å². The minimum absolute atomic E-state index is 0.241. The first-order valence-corrected chi connectivity index (χ1v) is 10.2. The van der Waals surface area contributed by atoms with Crippen LogP contribution >= 0.6 is 11.8 Å². The Morgan fingerprint density at radius 3 is 2.96 bits per heavy atom. The third-order valence-corrected chi connectivity index (χ3v) is 5.03. The molecule has 0 saturated carbocycles. The largest absolute Gasteiger partial charge is 0.440 e. The summed E-state index contributed by atoms with van der Waals surface area (Å²) >= 11 is 1.53. The third-order valence-electron chi connectivity index (χ3n) is 4.37. The summed E-state index contributed by atoms with van der Waals surface area (Å²) in [5.74, 6) is 0.789. The Hall–Kier alpha value is -2.15. The molecule has 1 aliphatic rings. The van der Waals surface area contributed by atoms with Crippen molar-refractivity contribution in [3.8, 4) is 0 Å². The lowest BCUT2D eigenvalue weighted by molar-refractivity contribution is -0.0290. The molecule has 0 radical (unpaired) electrons. The lowest BCUT2D eigenvalue weighted by Gasteiger charge is -2.21. The number of nitrogens with one attached hydrogen (secondary N) is 1. The summed E-state index contributed by atoms with van der Waals surface area (Å²) in [6, 6.07) is 0. The second-order valence-corrected chi connectivity index (χ2v) is 7.60. The number of alkyl carbamates (subject to hydrolysis) is 1. The van der Waals surface area contributed by atoms with Crippen LogP contribution in [0.25, 0.3) is 11.2 Å². The number of nitrogen functional groups attached to an aromatic ring is 1. The van der Waals surface area contributed by atoms with E-state index in [4.69, 9.17) is 15.2 Å². The molecule has 3 rings (SSSR count). The molecular formula is C16H25N7O4S. The quantitative estimate of drug-likeness (QED) is 0.555. The molecule has 2 aromatic heterocycles. The molecule has 4 atom stereocenters. The number of anilines is 1. The van der Waals surface area contributed by atoms with Gasteiger partial charge in [-0.15, -0.1) is 0 Å². The normalized spacial score (nSPS) is 24.8. The highest BCUT2D eigenvalue weighted by atomic mass is 32.2. The van der Waals surface area contributed by atoms with Crippen LogP contribution in [0.15, 0.2) is 12.7 Å². The summed E-state index contributed by atoms with van der Waals surface area (Å²) in [5, 5.41) is 13.5. The summed E-state index contributed by atoms with van der Waals surface area (Å²) in [6.45, 7) is 1.12. The molecule has 0 spiro atoms. The lowest BCUT2D eigenvalue weighted by atomic mass is 10.1. The van der Waals surface area contributed by atoms with Crippen molar-refractivity contribution in [2.75, 3.05) is 44.9 Å². The molecule has 1 fully saturated rings. The Labute approximate surface area is 166 Å². The summed E-state index contributed by atoms with van der Waals surface area (Å²) < 4.78 is 13.1. The molecule has 4 N–H and O–H groups in total. The van der Waals surface area contributed by atoms with Crippen LogP contribution in [-0.4, -0.2) is 93.1 Å². The zero-order chi connectivity index (χ0) is 20.3. The van der Waals surface area contributed by atoms with Crippen LogP contribution in [-0.2, 0) is 9.47 Å². The second-order valence-electron chi connectivity index (χ2n) is 6.69. The zero-order valence-corrected chi connectivity index (χ0v) is 16.8. The Bertz CT molecular complexity index is 817.